The summed E-state index contributed by atoms with van der Waals surface area (Å²) in [5.74, 6) is 0.509. The molecule has 2 aliphatic rings. The first kappa shape index (κ1) is 19.1. The first-order valence-corrected chi connectivity index (χ1v) is 11.1. The third kappa shape index (κ3) is 3.70. The van der Waals surface area contributed by atoms with E-state index in [1.165, 1.54) is 11.3 Å². The Bertz CT molecular complexity index is 920. The maximum Gasteiger partial charge on any atom is 0.249 e. The summed E-state index contributed by atoms with van der Waals surface area (Å²) in [6.07, 6.45) is 3.72. The van der Waals surface area contributed by atoms with Gasteiger partial charge in [0, 0.05) is 29.7 Å². The molecule has 2 amide bonds. The lowest BCUT2D eigenvalue weighted by Gasteiger charge is -2.29. The van der Waals surface area contributed by atoms with Crippen molar-refractivity contribution in [2.45, 2.75) is 37.1 Å². The summed E-state index contributed by atoms with van der Waals surface area (Å²) in [4.78, 5) is 31.7. The van der Waals surface area contributed by atoms with E-state index in [2.05, 4.69) is 10.3 Å². The van der Waals surface area contributed by atoms with Crippen molar-refractivity contribution in [1.82, 2.24) is 9.88 Å². The van der Waals surface area contributed by atoms with Gasteiger partial charge in [-0.1, -0.05) is 29.3 Å². The second-order valence-corrected chi connectivity index (χ2v) is 10.2. The molecule has 1 aromatic carbocycles. The molecule has 142 valence electrons. The van der Waals surface area contributed by atoms with Gasteiger partial charge >= 0.3 is 0 Å². The van der Waals surface area contributed by atoms with E-state index in [1.54, 1.807) is 28.9 Å². The molecular weight excluding hydrogens is 425 g/mol. The number of carbonyl (C=O) groups is 2. The van der Waals surface area contributed by atoms with E-state index in [9.17, 15) is 9.59 Å². The molecule has 0 spiro atoms. The first-order chi connectivity index (χ1) is 12.9. The van der Waals surface area contributed by atoms with Crippen molar-refractivity contribution in [3.8, 4) is 0 Å². The number of amides is 2. The van der Waals surface area contributed by atoms with Crippen LogP contribution in [0.15, 0.2) is 24.4 Å². The van der Waals surface area contributed by atoms with Crippen molar-refractivity contribution in [2.75, 3.05) is 11.1 Å². The molecule has 1 aromatic heterocycles. The predicted molar refractivity (Wildman–Crippen MR) is 111 cm³/mol. The number of hydrogen-bond acceptors (Lipinski definition) is 5. The molecule has 3 heterocycles. The van der Waals surface area contributed by atoms with Crippen molar-refractivity contribution in [3.63, 3.8) is 0 Å². The molecule has 5 nitrogen and oxygen atoms in total. The van der Waals surface area contributed by atoms with Crippen LogP contribution in [0.3, 0.4) is 0 Å². The van der Waals surface area contributed by atoms with E-state index in [0.717, 1.165) is 16.9 Å². The molecule has 2 aliphatic heterocycles. The highest BCUT2D eigenvalue weighted by Gasteiger charge is 2.52. The fourth-order valence-electron chi connectivity index (χ4n) is 3.50. The van der Waals surface area contributed by atoms with E-state index in [0.29, 0.717) is 33.8 Å². The Morgan fingerprint density at radius 1 is 1.41 bits per heavy atom. The second kappa shape index (κ2) is 7.28. The lowest BCUT2D eigenvalue weighted by atomic mass is 10.1. The molecule has 0 radical (unpaired) electrons. The monoisotopic (exact) mass is 441 g/mol. The van der Waals surface area contributed by atoms with Gasteiger partial charge in [-0.05, 0) is 31.0 Å². The minimum absolute atomic E-state index is 0.0575. The Labute approximate surface area is 175 Å². The Morgan fingerprint density at radius 3 is 3.00 bits per heavy atom. The van der Waals surface area contributed by atoms with Gasteiger partial charge < -0.3 is 10.2 Å². The third-order valence-electron chi connectivity index (χ3n) is 4.89. The number of benzene rings is 1. The zero-order chi connectivity index (χ0) is 19.2. The molecule has 2 fully saturated rings. The van der Waals surface area contributed by atoms with Gasteiger partial charge in [0.15, 0.2) is 5.13 Å². The fraction of sp³-hybridized carbons (Fsp3) is 0.389. The lowest BCUT2D eigenvalue weighted by molar-refractivity contribution is -0.135. The van der Waals surface area contributed by atoms with E-state index in [4.69, 9.17) is 23.2 Å². The van der Waals surface area contributed by atoms with Crippen LogP contribution in [0, 0.1) is 0 Å². The van der Waals surface area contributed by atoms with Gasteiger partial charge in [0.2, 0.25) is 11.8 Å². The molecule has 2 atom stereocenters. The summed E-state index contributed by atoms with van der Waals surface area (Å²) < 4.78 is 0. The summed E-state index contributed by atoms with van der Waals surface area (Å²) in [6, 6.07) is 5.08. The number of rotatable bonds is 4. The van der Waals surface area contributed by atoms with Crippen LogP contribution in [0.2, 0.25) is 10.0 Å². The smallest absolute Gasteiger partial charge is 0.249 e. The molecule has 2 saturated heterocycles. The summed E-state index contributed by atoms with van der Waals surface area (Å²) >= 11 is 15.1. The van der Waals surface area contributed by atoms with Crippen LogP contribution in [-0.2, 0) is 16.0 Å². The van der Waals surface area contributed by atoms with Gasteiger partial charge in [-0.3, -0.25) is 9.59 Å². The number of thioether (sulfide) groups is 1. The van der Waals surface area contributed by atoms with Crippen LogP contribution in [-0.4, -0.2) is 38.4 Å². The summed E-state index contributed by atoms with van der Waals surface area (Å²) in [7, 11) is 0. The average molecular weight is 442 g/mol. The normalized spacial score (nSPS) is 24.3. The number of nitrogens with zero attached hydrogens (tertiary/aromatic N) is 2. The van der Waals surface area contributed by atoms with Gasteiger partial charge in [-0.25, -0.2) is 4.98 Å². The fourth-order valence-corrected chi connectivity index (χ4v) is 6.10. The number of thiazole rings is 1. The second-order valence-electron chi connectivity index (χ2n) is 6.81. The van der Waals surface area contributed by atoms with Crippen LogP contribution in [0.5, 0.6) is 0 Å². The van der Waals surface area contributed by atoms with Crippen molar-refractivity contribution in [2.24, 2.45) is 0 Å². The van der Waals surface area contributed by atoms with Gasteiger partial charge in [-0.2, -0.15) is 0 Å². The molecule has 2 aromatic rings. The standard InChI is InChI=1S/C18H17Cl2N3O2S2/c1-18-5-4-15(24)23(18)14(9-26-18)16(25)22-17-21-8-11(27-17)6-10-2-3-12(19)13(20)7-10/h2-3,7-8,14H,4-6,9H2,1H3,(H,21,22,25)/t14-,18-/m1/s1. The minimum atomic E-state index is -0.433. The number of halogens is 2. The number of fused-ring (bicyclic) bond motifs is 1. The van der Waals surface area contributed by atoms with Crippen LogP contribution in [0.25, 0.3) is 0 Å². The number of aromatic nitrogens is 1. The average Bonchev–Trinajstić information content (AvgIpc) is 3.27. The Kier molecular flexibility index (Phi) is 5.14. The Morgan fingerprint density at radius 2 is 2.22 bits per heavy atom. The SMILES string of the molecule is C[C@@]12CCC(=O)N1[C@@H](C(=O)Nc1ncc(Cc3ccc(Cl)c(Cl)c3)s1)CS2. The molecule has 0 bridgehead atoms. The van der Waals surface area contributed by atoms with Gasteiger partial charge in [0.1, 0.15) is 6.04 Å². The van der Waals surface area contributed by atoms with Crippen molar-refractivity contribution < 1.29 is 9.59 Å². The molecule has 4 rings (SSSR count). The van der Waals surface area contributed by atoms with Crippen LogP contribution in [0.1, 0.15) is 30.2 Å². The van der Waals surface area contributed by atoms with Gasteiger partial charge in [0.05, 0.1) is 14.9 Å². The number of carbonyl (C=O) groups excluding carboxylic acids is 2. The summed E-state index contributed by atoms with van der Waals surface area (Å²) in [6.45, 7) is 2.04. The topological polar surface area (TPSA) is 62.3 Å². The maximum atomic E-state index is 12.7. The van der Waals surface area contributed by atoms with Gasteiger partial charge in [0.25, 0.3) is 0 Å². The number of nitrogens with one attached hydrogen (secondary N) is 1. The van der Waals surface area contributed by atoms with Crippen molar-refractivity contribution in [1.29, 1.82) is 0 Å². The molecule has 9 heteroatoms. The summed E-state index contributed by atoms with van der Waals surface area (Å²) in [5, 5.41) is 4.46. The first-order valence-electron chi connectivity index (χ1n) is 8.51. The van der Waals surface area contributed by atoms with Gasteiger partial charge in [-0.15, -0.1) is 23.1 Å². The highest BCUT2D eigenvalue weighted by molar-refractivity contribution is 8.01. The number of anilines is 1. The Balaban J connectivity index is 1.42. The minimum Gasteiger partial charge on any atom is -0.315 e. The molecule has 27 heavy (non-hydrogen) atoms. The maximum absolute atomic E-state index is 12.7. The Hall–Kier alpha value is -1.28. The van der Waals surface area contributed by atoms with Crippen LogP contribution in [0.4, 0.5) is 5.13 Å². The van der Waals surface area contributed by atoms with E-state index < -0.39 is 6.04 Å². The van der Waals surface area contributed by atoms with Crippen LogP contribution >= 0.6 is 46.3 Å². The lowest BCUT2D eigenvalue weighted by Crippen LogP contribution is -2.48. The number of hydrogen-bond donors (Lipinski definition) is 1. The molecule has 0 aliphatic carbocycles. The van der Waals surface area contributed by atoms with E-state index in [-0.39, 0.29) is 16.7 Å². The molecule has 1 N–H and O–H groups in total. The van der Waals surface area contributed by atoms with E-state index >= 15 is 0 Å². The molecule has 0 saturated carbocycles. The van der Waals surface area contributed by atoms with Crippen molar-refractivity contribution in [3.05, 3.63) is 44.9 Å². The highest BCUT2D eigenvalue weighted by Crippen LogP contribution is 2.47. The predicted octanol–water partition coefficient (Wildman–Crippen LogP) is 4.43. The van der Waals surface area contributed by atoms with Crippen molar-refractivity contribution >= 4 is 63.2 Å². The van der Waals surface area contributed by atoms with E-state index in [1.807, 2.05) is 19.1 Å². The molecule has 0 unspecified atom stereocenters. The van der Waals surface area contributed by atoms with Crippen LogP contribution < -0.4 is 5.32 Å². The molecular formula is C18H17Cl2N3O2S2. The highest BCUT2D eigenvalue weighted by atomic mass is 35.5. The quantitative estimate of drug-likeness (QED) is 0.761. The summed E-state index contributed by atoms with van der Waals surface area (Å²) in [5.41, 5.74) is 1.02. The zero-order valence-corrected chi connectivity index (χ0v) is 17.6. The third-order valence-corrected chi connectivity index (χ3v) is 8.05. The largest absolute Gasteiger partial charge is 0.315 e. The zero-order valence-electron chi connectivity index (χ0n) is 14.5.